The molecule has 3 aromatic rings. The standard InChI is InChI=1S/C18H18N4O4S2/c1-12-21-17(11-27-12)14-4-2-13(3-5-14)8-9-20-16-7-6-15(28(19,25)26)10-18(16)22(23)24/h2-7,10-11,20H,8-9H2,1H3,(H2,19,25,26). The molecule has 0 saturated carbocycles. The highest BCUT2D eigenvalue weighted by molar-refractivity contribution is 7.89. The number of aryl methyl sites for hydroxylation is 1. The molecular formula is C18H18N4O4S2. The lowest BCUT2D eigenvalue weighted by Gasteiger charge is -2.09. The Bertz CT molecular complexity index is 1110. The topological polar surface area (TPSA) is 128 Å². The molecule has 28 heavy (non-hydrogen) atoms. The number of sulfonamides is 1. The highest BCUT2D eigenvalue weighted by Gasteiger charge is 2.18. The minimum absolute atomic E-state index is 0.243. The van der Waals surface area contributed by atoms with Crippen LogP contribution in [-0.4, -0.2) is 24.9 Å². The van der Waals surface area contributed by atoms with Crippen LogP contribution in [0, 0.1) is 17.0 Å². The van der Waals surface area contributed by atoms with Crippen molar-refractivity contribution in [2.24, 2.45) is 5.14 Å². The van der Waals surface area contributed by atoms with E-state index in [0.717, 1.165) is 27.9 Å². The molecule has 0 spiro atoms. The van der Waals surface area contributed by atoms with Gasteiger partial charge in [0.2, 0.25) is 10.0 Å². The number of thiazole rings is 1. The molecule has 146 valence electrons. The molecule has 8 nitrogen and oxygen atoms in total. The van der Waals surface area contributed by atoms with Crippen LogP contribution in [-0.2, 0) is 16.4 Å². The second-order valence-corrected chi connectivity index (χ2v) is 8.73. The number of anilines is 1. The number of hydrogen-bond acceptors (Lipinski definition) is 7. The molecule has 0 aliphatic carbocycles. The fourth-order valence-electron chi connectivity index (χ4n) is 2.67. The van der Waals surface area contributed by atoms with Gasteiger partial charge >= 0.3 is 0 Å². The first-order chi connectivity index (χ1) is 13.2. The van der Waals surface area contributed by atoms with Crippen LogP contribution in [0.15, 0.2) is 52.7 Å². The maximum absolute atomic E-state index is 11.4. The van der Waals surface area contributed by atoms with Gasteiger partial charge in [-0.1, -0.05) is 24.3 Å². The van der Waals surface area contributed by atoms with Crippen molar-refractivity contribution in [3.05, 3.63) is 68.5 Å². The summed E-state index contributed by atoms with van der Waals surface area (Å²) in [5.74, 6) is 0. The number of aromatic nitrogens is 1. The minimum atomic E-state index is -4.00. The van der Waals surface area contributed by atoms with E-state index in [0.29, 0.717) is 13.0 Å². The Hall–Kier alpha value is -2.82. The molecular weight excluding hydrogens is 400 g/mol. The number of nitro benzene ring substituents is 1. The van der Waals surface area contributed by atoms with E-state index < -0.39 is 14.9 Å². The van der Waals surface area contributed by atoms with E-state index in [1.807, 2.05) is 36.6 Å². The molecule has 0 aliphatic rings. The van der Waals surface area contributed by atoms with Gasteiger partial charge in [0.05, 0.1) is 20.5 Å². The van der Waals surface area contributed by atoms with E-state index in [1.54, 1.807) is 11.3 Å². The Labute approximate surface area is 166 Å². The molecule has 0 unspecified atom stereocenters. The first-order valence-corrected chi connectivity index (χ1v) is 10.7. The predicted octanol–water partition coefficient (Wildman–Crippen LogP) is 3.33. The average Bonchev–Trinajstić information content (AvgIpc) is 3.08. The number of benzene rings is 2. The quantitative estimate of drug-likeness (QED) is 0.447. The fourth-order valence-corrected chi connectivity index (χ4v) is 3.82. The summed E-state index contributed by atoms with van der Waals surface area (Å²) in [4.78, 5) is 14.8. The molecule has 0 bridgehead atoms. The fraction of sp³-hybridized carbons (Fsp3) is 0.167. The molecule has 10 heteroatoms. The van der Waals surface area contributed by atoms with Crippen LogP contribution in [0.5, 0.6) is 0 Å². The van der Waals surface area contributed by atoms with Gasteiger partial charge in [0.25, 0.3) is 5.69 Å². The highest BCUT2D eigenvalue weighted by Crippen LogP contribution is 2.27. The molecule has 0 radical (unpaired) electrons. The van der Waals surface area contributed by atoms with Gasteiger partial charge in [-0.2, -0.15) is 0 Å². The Morgan fingerprint density at radius 1 is 1.21 bits per heavy atom. The van der Waals surface area contributed by atoms with Gasteiger partial charge in [0, 0.05) is 23.6 Å². The monoisotopic (exact) mass is 418 g/mol. The van der Waals surface area contributed by atoms with E-state index in [-0.39, 0.29) is 16.3 Å². The maximum atomic E-state index is 11.4. The van der Waals surface area contributed by atoms with Crippen LogP contribution >= 0.6 is 11.3 Å². The largest absolute Gasteiger partial charge is 0.379 e. The number of nitrogens with one attached hydrogen (secondary N) is 1. The third-order valence-electron chi connectivity index (χ3n) is 4.09. The summed E-state index contributed by atoms with van der Waals surface area (Å²) < 4.78 is 22.8. The zero-order valence-corrected chi connectivity index (χ0v) is 16.6. The summed E-state index contributed by atoms with van der Waals surface area (Å²) in [7, 11) is -4.00. The summed E-state index contributed by atoms with van der Waals surface area (Å²) in [6.45, 7) is 2.41. The van der Waals surface area contributed by atoms with Crippen LogP contribution < -0.4 is 10.5 Å². The normalized spacial score (nSPS) is 11.4. The number of nitro groups is 1. The Balaban J connectivity index is 1.67. The predicted molar refractivity (Wildman–Crippen MR) is 109 cm³/mol. The van der Waals surface area contributed by atoms with Crippen LogP contribution in [0.4, 0.5) is 11.4 Å². The molecule has 3 rings (SSSR count). The average molecular weight is 419 g/mol. The summed E-state index contributed by atoms with van der Waals surface area (Å²) in [6.07, 6.45) is 0.643. The number of primary sulfonamides is 1. The molecule has 0 atom stereocenters. The number of nitrogens with zero attached hydrogens (tertiary/aromatic N) is 2. The summed E-state index contributed by atoms with van der Waals surface area (Å²) in [6, 6.07) is 11.5. The molecule has 0 aliphatic heterocycles. The number of rotatable bonds is 7. The molecule has 0 fully saturated rings. The van der Waals surface area contributed by atoms with E-state index in [2.05, 4.69) is 10.3 Å². The highest BCUT2D eigenvalue weighted by atomic mass is 32.2. The van der Waals surface area contributed by atoms with E-state index >= 15 is 0 Å². The zero-order valence-electron chi connectivity index (χ0n) is 15.0. The first-order valence-electron chi connectivity index (χ1n) is 8.30. The molecule has 0 saturated heterocycles. The van der Waals surface area contributed by atoms with Crippen molar-refractivity contribution in [3.8, 4) is 11.3 Å². The van der Waals surface area contributed by atoms with Crippen LogP contribution in [0.25, 0.3) is 11.3 Å². The Kier molecular flexibility index (Phi) is 5.73. The van der Waals surface area contributed by atoms with Gasteiger partial charge in [0.15, 0.2) is 0 Å². The van der Waals surface area contributed by atoms with Crippen molar-refractivity contribution in [2.45, 2.75) is 18.2 Å². The SMILES string of the molecule is Cc1nc(-c2ccc(CCNc3ccc(S(N)(=O)=O)cc3[N+](=O)[O-])cc2)cs1. The van der Waals surface area contributed by atoms with Gasteiger partial charge in [-0.3, -0.25) is 10.1 Å². The molecule has 1 aromatic heterocycles. The number of nitrogens with two attached hydrogens (primary N) is 1. The summed E-state index contributed by atoms with van der Waals surface area (Å²) in [5, 5.41) is 22.3. The zero-order chi connectivity index (χ0) is 20.3. The maximum Gasteiger partial charge on any atom is 0.293 e. The first kappa shape index (κ1) is 19.9. The van der Waals surface area contributed by atoms with Gasteiger partial charge in [-0.25, -0.2) is 18.5 Å². The molecule has 2 aromatic carbocycles. The van der Waals surface area contributed by atoms with Gasteiger partial charge in [0.1, 0.15) is 5.69 Å². The van der Waals surface area contributed by atoms with Crippen LogP contribution in [0.1, 0.15) is 10.6 Å². The van der Waals surface area contributed by atoms with Crippen LogP contribution in [0.2, 0.25) is 0 Å². The molecule has 1 heterocycles. The second-order valence-electron chi connectivity index (χ2n) is 6.11. The third-order valence-corrected chi connectivity index (χ3v) is 5.78. The summed E-state index contributed by atoms with van der Waals surface area (Å²) >= 11 is 1.60. The van der Waals surface area contributed by atoms with Crippen LogP contribution in [0.3, 0.4) is 0 Å². The van der Waals surface area contributed by atoms with Gasteiger partial charge in [-0.15, -0.1) is 11.3 Å². The smallest absolute Gasteiger partial charge is 0.293 e. The lowest BCUT2D eigenvalue weighted by Crippen LogP contribution is -2.13. The van der Waals surface area contributed by atoms with Gasteiger partial charge in [-0.05, 0) is 31.0 Å². The van der Waals surface area contributed by atoms with Crippen molar-refractivity contribution in [1.82, 2.24) is 4.98 Å². The van der Waals surface area contributed by atoms with E-state index in [4.69, 9.17) is 5.14 Å². The van der Waals surface area contributed by atoms with Crippen molar-refractivity contribution < 1.29 is 13.3 Å². The third kappa shape index (κ3) is 4.71. The Morgan fingerprint density at radius 3 is 2.50 bits per heavy atom. The number of hydrogen-bond donors (Lipinski definition) is 2. The minimum Gasteiger partial charge on any atom is -0.379 e. The summed E-state index contributed by atoms with van der Waals surface area (Å²) in [5.41, 5.74) is 2.95. The Morgan fingerprint density at radius 2 is 1.93 bits per heavy atom. The van der Waals surface area contributed by atoms with Crippen molar-refractivity contribution in [1.29, 1.82) is 0 Å². The molecule has 0 amide bonds. The van der Waals surface area contributed by atoms with Gasteiger partial charge < -0.3 is 5.32 Å². The van der Waals surface area contributed by atoms with Crippen molar-refractivity contribution in [2.75, 3.05) is 11.9 Å². The second kappa shape index (κ2) is 8.05. The van der Waals surface area contributed by atoms with E-state index in [1.165, 1.54) is 12.1 Å². The van der Waals surface area contributed by atoms with Crippen molar-refractivity contribution in [3.63, 3.8) is 0 Å². The lowest BCUT2D eigenvalue weighted by atomic mass is 10.1. The van der Waals surface area contributed by atoms with Crippen molar-refractivity contribution >= 4 is 32.7 Å². The van der Waals surface area contributed by atoms with E-state index in [9.17, 15) is 18.5 Å². The lowest BCUT2D eigenvalue weighted by molar-refractivity contribution is -0.384. The molecule has 3 N–H and O–H groups in total.